The molecule has 2 aromatic carbocycles. The Morgan fingerprint density at radius 2 is 1.38 bits per heavy atom. The fourth-order valence-electron chi connectivity index (χ4n) is 7.38. The van der Waals surface area contributed by atoms with Crippen LogP contribution in [-0.4, -0.2) is 5.54 Å². The molecule has 0 aromatic heterocycles. The zero-order chi connectivity index (χ0) is 17.8. The molecule has 4 saturated carbocycles. The van der Waals surface area contributed by atoms with E-state index in [1.165, 1.54) is 55.2 Å². The van der Waals surface area contributed by atoms with E-state index >= 15 is 0 Å². The Balaban J connectivity index is 1.31. The predicted octanol–water partition coefficient (Wildman–Crippen LogP) is 6.19. The van der Waals surface area contributed by atoms with E-state index < -0.39 is 0 Å². The molecule has 6 rings (SSSR count). The van der Waals surface area contributed by atoms with Crippen LogP contribution in [0.2, 0.25) is 0 Å². The first-order chi connectivity index (χ1) is 12.5. The first-order valence-electron chi connectivity index (χ1n) is 10.3. The van der Waals surface area contributed by atoms with E-state index in [-0.39, 0.29) is 0 Å². The highest BCUT2D eigenvalue weighted by atomic mass is 15.0. The van der Waals surface area contributed by atoms with Gasteiger partial charge in [-0.2, -0.15) is 0 Å². The van der Waals surface area contributed by atoms with E-state index in [4.69, 9.17) is 0 Å². The lowest BCUT2D eigenvalue weighted by atomic mass is 9.43. The summed E-state index contributed by atoms with van der Waals surface area (Å²) in [7, 11) is 0. The maximum Gasteiger partial charge on any atom is 0.0210 e. The summed E-state index contributed by atoms with van der Waals surface area (Å²) in [6.45, 7) is 6.12. The lowest BCUT2D eigenvalue weighted by Gasteiger charge is -2.65. The monoisotopic (exact) mass is 345 g/mol. The number of nitrogens with one attached hydrogen (secondary N) is 1. The van der Waals surface area contributed by atoms with E-state index in [1.54, 1.807) is 0 Å². The number of hydrogen-bond donors (Lipinski definition) is 1. The molecule has 26 heavy (non-hydrogen) atoms. The molecular weight excluding hydrogens is 314 g/mol. The van der Waals surface area contributed by atoms with Crippen molar-refractivity contribution in [1.29, 1.82) is 0 Å². The van der Waals surface area contributed by atoms with Crippen molar-refractivity contribution in [2.24, 2.45) is 16.7 Å². The molecule has 1 N–H and O–H groups in total. The van der Waals surface area contributed by atoms with Gasteiger partial charge in [0, 0.05) is 12.1 Å². The minimum absolute atomic E-state index is 0.390. The third-order valence-corrected chi connectivity index (χ3v) is 7.35. The molecule has 4 bridgehead atoms. The molecule has 0 amide bonds. The van der Waals surface area contributed by atoms with Crippen molar-refractivity contribution in [1.82, 2.24) is 5.32 Å². The van der Waals surface area contributed by atoms with Crippen LogP contribution in [0.1, 0.15) is 57.9 Å². The van der Waals surface area contributed by atoms with E-state index in [0.29, 0.717) is 16.4 Å². The summed E-state index contributed by atoms with van der Waals surface area (Å²) in [4.78, 5) is 0. The van der Waals surface area contributed by atoms with Gasteiger partial charge >= 0.3 is 0 Å². The summed E-state index contributed by atoms with van der Waals surface area (Å²) in [6, 6.07) is 19.8. The lowest BCUT2D eigenvalue weighted by Crippen LogP contribution is -2.63. The van der Waals surface area contributed by atoms with Gasteiger partial charge in [-0.15, -0.1) is 0 Å². The Kier molecular flexibility index (Phi) is 3.63. The van der Waals surface area contributed by atoms with Gasteiger partial charge in [0.15, 0.2) is 0 Å². The van der Waals surface area contributed by atoms with Gasteiger partial charge in [0.1, 0.15) is 0 Å². The van der Waals surface area contributed by atoms with Crippen molar-refractivity contribution in [3.05, 3.63) is 60.2 Å². The number of rotatable bonds is 4. The summed E-state index contributed by atoms with van der Waals surface area (Å²) >= 11 is 0. The highest BCUT2D eigenvalue weighted by Crippen LogP contribution is 2.66. The molecule has 4 aliphatic carbocycles. The smallest absolute Gasteiger partial charge is 0.0210 e. The van der Waals surface area contributed by atoms with Crippen LogP contribution >= 0.6 is 0 Å². The van der Waals surface area contributed by atoms with Crippen LogP contribution in [0.25, 0.3) is 11.1 Å². The topological polar surface area (TPSA) is 12.0 Å². The zero-order valence-corrected chi connectivity index (χ0v) is 16.2. The second kappa shape index (κ2) is 5.70. The largest absolute Gasteiger partial charge is 0.307 e. The number of benzene rings is 2. The van der Waals surface area contributed by atoms with Gasteiger partial charge < -0.3 is 5.32 Å². The van der Waals surface area contributed by atoms with Crippen molar-refractivity contribution in [2.75, 3.05) is 0 Å². The molecule has 0 heterocycles. The van der Waals surface area contributed by atoms with Crippen molar-refractivity contribution in [3.8, 4) is 11.1 Å². The first kappa shape index (κ1) is 16.6. The quantitative estimate of drug-likeness (QED) is 0.696. The Morgan fingerprint density at radius 1 is 0.769 bits per heavy atom. The summed E-state index contributed by atoms with van der Waals surface area (Å²) in [5.74, 6) is 0.953. The van der Waals surface area contributed by atoms with Crippen LogP contribution in [0.5, 0.6) is 0 Å². The fraction of sp³-hybridized carbons (Fsp3) is 0.520. The van der Waals surface area contributed by atoms with Gasteiger partial charge in [-0.3, -0.25) is 0 Å². The van der Waals surface area contributed by atoms with Crippen molar-refractivity contribution < 1.29 is 0 Å². The standard InChI is InChI=1S/C25H31N/c1-23-12-20-13-24(2,16-23)18-25(14-20,17-23)26-15-19-8-10-22(11-9-19)21-6-4-3-5-7-21/h3-11,20,26H,12-18H2,1-2H3/t20?,23-,24+,25?. The summed E-state index contributed by atoms with van der Waals surface area (Å²) < 4.78 is 0. The SMILES string of the molecule is C[C@]12CC3CC(NCc4ccc(-c5ccccc5)cc4)(C1)C[C@@](C)(C3)C2. The molecule has 1 heteroatoms. The van der Waals surface area contributed by atoms with Gasteiger partial charge in [-0.25, -0.2) is 0 Å². The van der Waals surface area contributed by atoms with Gasteiger partial charge in [-0.1, -0.05) is 68.4 Å². The molecule has 2 aromatic rings. The molecule has 1 nitrogen and oxygen atoms in total. The molecular formula is C25H31N. The first-order valence-corrected chi connectivity index (χ1v) is 10.3. The maximum atomic E-state index is 4.05. The summed E-state index contributed by atoms with van der Waals surface area (Å²) in [5, 5.41) is 4.05. The number of hydrogen-bond acceptors (Lipinski definition) is 1. The molecule has 4 aliphatic rings. The normalized spacial score (nSPS) is 37.8. The van der Waals surface area contributed by atoms with Gasteiger partial charge in [0.05, 0.1) is 0 Å². The van der Waals surface area contributed by atoms with Crippen molar-refractivity contribution >= 4 is 0 Å². The maximum absolute atomic E-state index is 4.05. The van der Waals surface area contributed by atoms with Gasteiger partial charge in [0.25, 0.3) is 0 Å². The summed E-state index contributed by atoms with van der Waals surface area (Å²) in [5.41, 5.74) is 5.58. The van der Waals surface area contributed by atoms with E-state index in [0.717, 1.165) is 12.5 Å². The lowest BCUT2D eigenvalue weighted by molar-refractivity contribution is -0.118. The molecule has 4 atom stereocenters. The van der Waals surface area contributed by atoms with Crippen LogP contribution < -0.4 is 5.32 Å². The molecule has 2 unspecified atom stereocenters. The van der Waals surface area contributed by atoms with Crippen LogP contribution in [0.3, 0.4) is 0 Å². The fourth-order valence-corrected chi connectivity index (χ4v) is 7.38. The van der Waals surface area contributed by atoms with Crippen LogP contribution in [-0.2, 0) is 6.54 Å². The zero-order valence-electron chi connectivity index (χ0n) is 16.2. The van der Waals surface area contributed by atoms with Crippen molar-refractivity contribution in [2.45, 2.75) is 64.5 Å². The highest BCUT2D eigenvalue weighted by molar-refractivity contribution is 5.63. The van der Waals surface area contributed by atoms with Gasteiger partial charge in [-0.05, 0) is 72.0 Å². The Hall–Kier alpha value is -1.60. The van der Waals surface area contributed by atoms with Crippen LogP contribution in [0.15, 0.2) is 54.6 Å². The molecule has 0 radical (unpaired) electrons. The Morgan fingerprint density at radius 3 is 2.00 bits per heavy atom. The van der Waals surface area contributed by atoms with E-state index in [2.05, 4.69) is 73.8 Å². The van der Waals surface area contributed by atoms with E-state index in [1.807, 2.05) is 0 Å². The third kappa shape index (κ3) is 2.91. The Labute approximate surface area is 158 Å². The predicted molar refractivity (Wildman–Crippen MR) is 109 cm³/mol. The van der Waals surface area contributed by atoms with Crippen molar-refractivity contribution in [3.63, 3.8) is 0 Å². The summed E-state index contributed by atoms with van der Waals surface area (Å²) in [6.07, 6.45) is 8.56. The average Bonchev–Trinajstić information content (AvgIpc) is 2.58. The van der Waals surface area contributed by atoms with Gasteiger partial charge in [0.2, 0.25) is 0 Å². The minimum Gasteiger partial charge on any atom is -0.307 e. The molecule has 4 fully saturated rings. The Bertz CT molecular complexity index is 773. The molecule has 0 spiro atoms. The second-order valence-electron chi connectivity index (χ2n) is 10.3. The average molecular weight is 346 g/mol. The van der Waals surface area contributed by atoms with E-state index in [9.17, 15) is 0 Å². The second-order valence-corrected chi connectivity index (χ2v) is 10.3. The molecule has 0 aliphatic heterocycles. The molecule has 0 saturated heterocycles. The van der Waals surface area contributed by atoms with Crippen LogP contribution in [0, 0.1) is 16.7 Å². The van der Waals surface area contributed by atoms with Crippen LogP contribution in [0.4, 0.5) is 0 Å². The minimum atomic E-state index is 0.390. The highest BCUT2D eigenvalue weighted by Gasteiger charge is 2.59. The third-order valence-electron chi connectivity index (χ3n) is 7.35. The molecule has 136 valence electrons.